The van der Waals surface area contributed by atoms with Gasteiger partial charge in [-0.1, -0.05) is 6.92 Å². The van der Waals surface area contributed by atoms with Crippen LogP contribution in [0.5, 0.6) is 0 Å². The Morgan fingerprint density at radius 1 is 1.67 bits per heavy atom. The first-order valence-corrected chi connectivity index (χ1v) is 7.67. The minimum atomic E-state index is -0.819. The Morgan fingerprint density at radius 2 is 2.40 bits per heavy atom. The maximum absolute atomic E-state index is 11.6. The van der Waals surface area contributed by atoms with Crippen molar-refractivity contribution < 1.29 is 9.00 Å². The van der Waals surface area contributed by atoms with Gasteiger partial charge in [-0.25, -0.2) is 0 Å². The molecule has 0 aliphatic heterocycles. The van der Waals surface area contributed by atoms with Crippen LogP contribution < -0.4 is 5.32 Å². The normalized spacial score (nSPS) is 12.4. The largest absolute Gasteiger partial charge is 0.350 e. The van der Waals surface area contributed by atoms with Crippen molar-refractivity contribution in [3.05, 3.63) is 20.8 Å². The van der Waals surface area contributed by atoms with Crippen LogP contribution in [0.2, 0.25) is 0 Å². The fourth-order valence-electron chi connectivity index (χ4n) is 0.959. The highest BCUT2D eigenvalue weighted by molar-refractivity contribution is 9.10. The number of amides is 1. The Kier molecular flexibility index (Phi) is 5.49. The summed E-state index contributed by atoms with van der Waals surface area (Å²) in [5, 5.41) is 4.59. The molecule has 1 rings (SSSR count). The lowest BCUT2D eigenvalue weighted by molar-refractivity contribution is 0.0959. The smallest absolute Gasteiger partial charge is 0.262 e. The molecule has 0 bridgehead atoms. The van der Waals surface area contributed by atoms with E-state index in [1.54, 1.807) is 0 Å². The van der Waals surface area contributed by atoms with E-state index in [0.717, 1.165) is 4.47 Å². The van der Waals surface area contributed by atoms with Gasteiger partial charge >= 0.3 is 0 Å². The van der Waals surface area contributed by atoms with Crippen molar-refractivity contribution in [2.45, 2.75) is 6.92 Å². The molecule has 1 heterocycles. The number of hydrogen-bond acceptors (Lipinski definition) is 3. The van der Waals surface area contributed by atoms with Crippen LogP contribution in [0.4, 0.5) is 0 Å². The molecule has 15 heavy (non-hydrogen) atoms. The van der Waals surface area contributed by atoms with Gasteiger partial charge in [0.1, 0.15) is 4.88 Å². The Bertz CT molecular complexity index is 365. The molecule has 0 saturated heterocycles. The van der Waals surface area contributed by atoms with Crippen molar-refractivity contribution in [1.82, 2.24) is 5.32 Å². The number of hydrogen-bond donors (Lipinski definition) is 1. The summed E-state index contributed by atoms with van der Waals surface area (Å²) < 4.78 is 11.9. The number of thiophene rings is 1. The third-order valence-electron chi connectivity index (χ3n) is 1.76. The van der Waals surface area contributed by atoms with Gasteiger partial charge in [-0.3, -0.25) is 9.00 Å². The molecule has 84 valence electrons. The van der Waals surface area contributed by atoms with Crippen LogP contribution in [0.15, 0.2) is 15.9 Å². The molecule has 0 radical (unpaired) electrons. The first-order chi connectivity index (χ1) is 7.15. The van der Waals surface area contributed by atoms with E-state index in [9.17, 15) is 9.00 Å². The minimum absolute atomic E-state index is 0.107. The summed E-state index contributed by atoms with van der Waals surface area (Å²) >= 11 is 4.68. The summed E-state index contributed by atoms with van der Waals surface area (Å²) in [6, 6.07) is 1.84. The van der Waals surface area contributed by atoms with Crippen LogP contribution in [-0.2, 0) is 10.8 Å². The third kappa shape index (κ3) is 4.04. The van der Waals surface area contributed by atoms with E-state index in [1.807, 2.05) is 18.4 Å². The zero-order valence-corrected chi connectivity index (χ0v) is 11.5. The average Bonchev–Trinajstić information content (AvgIpc) is 2.64. The molecule has 1 N–H and O–H groups in total. The van der Waals surface area contributed by atoms with Gasteiger partial charge in [-0.15, -0.1) is 11.3 Å². The van der Waals surface area contributed by atoms with E-state index < -0.39 is 10.8 Å². The van der Waals surface area contributed by atoms with Crippen LogP contribution in [0.25, 0.3) is 0 Å². The highest BCUT2D eigenvalue weighted by atomic mass is 79.9. The lowest BCUT2D eigenvalue weighted by Gasteiger charge is -2.02. The summed E-state index contributed by atoms with van der Waals surface area (Å²) in [6.07, 6.45) is 0. The van der Waals surface area contributed by atoms with Gasteiger partial charge in [0, 0.05) is 33.3 Å². The van der Waals surface area contributed by atoms with Crippen LogP contribution in [-0.4, -0.2) is 28.2 Å². The second-order valence-corrected chi connectivity index (χ2v) is 6.42. The molecular formula is C9H12BrNO2S2. The van der Waals surface area contributed by atoms with Crippen molar-refractivity contribution in [1.29, 1.82) is 0 Å². The number of nitrogens with one attached hydrogen (secondary N) is 1. The monoisotopic (exact) mass is 309 g/mol. The molecule has 0 fully saturated rings. The van der Waals surface area contributed by atoms with E-state index in [4.69, 9.17) is 0 Å². The maximum Gasteiger partial charge on any atom is 0.262 e. The fraction of sp³-hybridized carbons (Fsp3) is 0.444. The Labute approximate surface area is 104 Å². The summed E-state index contributed by atoms with van der Waals surface area (Å²) in [6.45, 7) is 2.33. The highest BCUT2D eigenvalue weighted by Gasteiger charge is 2.10. The van der Waals surface area contributed by atoms with Crippen LogP contribution >= 0.6 is 27.3 Å². The fourth-order valence-corrected chi connectivity index (χ4v) is 3.04. The van der Waals surface area contributed by atoms with Gasteiger partial charge in [0.25, 0.3) is 5.91 Å². The number of rotatable bonds is 5. The van der Waals surface area contributed by atoms with Crippen molar-refractivity contribution in [3.8, 4) is 0 Å². The lowest BCUT2D eigenvalue weighted by Crippen LogP contribution is -2.27. The molecule has 3 nitrogen and oxygen atoms in total. The molecule has 1 atom stereocenters. The van der Waals surface area contributed by atoms with E-state index in [-0.39, 0.29) is 5.91 Å². The molecule has 1 aromatic heterocycles. The zero-order valence-electron chi connectivity index (χ0n) is 8.29. The first-order valence-electron chi connectivity index (χ1n) is 4.51. The van der Waals surface area contributed by atoms with Crippen molar-refractivity contribution in [3.63, 3.8) is 0 Å². The molecule has 0 aliphatic carbocycles. The zero-order chi connectivity index (χ0) is 11.3. The SMILES string of the molecule is CCS(=O)CCNC(=O)c1sccc1Br. The molecule has 1 aromatic rings. The molecule has 1 unspecified atom stereocenters. The third-order valence-corrected chi connectivity index (χ3v) is 4.90. The van der Waals surface area contributed by atoms with E-state index >= 15 is 0 Å². The second kappa shape index (κ2) is 6.40. The van der Waals surface area contributed by atoms with Gasteiger partial charge in [0.15, 0.2) is 0 Å². The second-order valence-electron chi connectivity index (χ2n) is 2.79. The van der Waals surface area contributed by atoms with E-state index in [1.165, 1.54) is 11.3 Å². The first kappa shape index (κ1) is 12.9. The quantitative estimate of drug-likeness (QED) is 0.904. The average molecular weight is 310 g/mol. The van der Waals surface area contributed by atoms with Gasteiger partial charge < -0.3 is 5.32 Å². The van der Waals surface area contributed by atoms with E-state index in [2.05, 4.69) is 21.2 Å². The summed E-state index contributed by atoms with van der Waals surface area (Å²) in [5.74, 6) is 1.05. The predicted octanol–water partition coefficient (Wildman–Crippen LogP) is 2.01. The Balaban J connectivity index is 2.38. The number of carbonyl (C=O) groups excluding carboxylic acids is 1. The summed E-state index contributed by atoms with van der Waals surface area (Å²) in [7, 11) is -0.819. The van der Waals surface area contributed by atoms with Gasteiger partial charge in [0.2, 0.25) is 0 Å². The molecule has 0 aromatic carbocycles. The van der Waals surface area contributed by atoms with Crippen molar-refractivity contribution in [2.24, 2.45) is 0 Å². The Hall–Kier alpha value is -0.200. The molecular weight excluding hydrogens is 298 g/mol. The molecule has 0 spiro atoms. The van der Waals surface area contributed by atoms with Crippen LogP contribution in [0.3, 0.4) is 0 Å². The lowest BCUT2D eigenvalue weighted by atomic mass is 10.4. The Morgan fingerprint density at radius 3 is 2.93 bits per heavy atom. The van der Waals surface area contributed by atoms with Gasteiger partial charge in [-0.05, 0) is 27.4 Å². The topological polar surface area (TPSA) is 46.2 Å². The standard InChI is InChI=1S/C9H12BrNO2S2/c1-2-15(13)6-4-11-9(12)8-7(10)3-5-14-8/h3,5H,2,4,6H2,1H3,(H,11,12). The van der Waals surface area contributed by atoms with E-state index in [0.29, 0.717) is 22.9 Å². The number of halogens is 1. The summed E-state index contributed by atoms with van der Waals surface area (Å²) in [5.41, 5.74) is 0. The summed E-state index contributed by atoms with van der Waals surface area (Å²) in [4.78, 5) is 12.2. The van der Waals surface area contributed by atoms with Crippen molar-refractivity contribution >= 4 is 44.0 Å². The molecule has 0 aliphatic rings. The molecule has 6 heteroatoms. The molecule has 1 amide bonds. The maximum atomic E-state index is 11.6. The molecule has 0 saturated carbocycles. The van der Waals surface area contributed by atoms with Gasteiger partial charge in [0.05, 0.1) is 0 Å². The van der Waals surface area contributed by atoms with Gasteiger partial charge in [-0.2, -0.15) is 0 Å². The van der Waals surface area contributed by atoms with Crippen molar-refractivity contribution in [2.75, 3.05) is 18.1 Å². The van der Waals surface area contributed by atoms with Crippen LogP contribution in [0, 0.1) is 0 Å². The number of carbonyl (C=O) groups is 1. The highest BCUT2D eigenvalue weighted by Crippen LogP contribution is 2.22. The minimum Gasteiger partial charge on any atom is -0.350 e. The van der Waals surface area contributed by atoms with Crippen LogP contribution in [0.1, 0.15) is 16.6 Å². The predicted molar refractivity (Wildman–Crippen MR) is 67.9 cm³/mol.